The van der Waals surface area contributed by atoms with E-state index >= 15 is 0 Å². The van der Waals surface area contributed by atoms with Crippen LogP contribution in [0.25, 0.3) is 5.69 Å². The van der Waals surface area contributed by atoms with Crippen LogP contribution in [-0.4, -0.2) is 27.4 Å². The Morgan fingerprint density at radius 2 is 1.80 bits per heavy atom. The lowest BCUT2D eigenvalue weighted by Crippen LogP contribution is -2.28. The van der Waals surface area contributed by atoms with Gasteiger partial charge in [0.25, 0.3) is 5.91 Å². The number of nitrogens with zero attached hydrogens (tertiary/aromatic N) is 2. The van der Waals surface area contributed by atoms with Gasteiger partial charge in [0.1, 0.15) is 11.5 Å². The van der Waals surface area contributed by atoms with Gasteiger partial charge in [0.2, 0.25) is 0 Å². The molecule has 3 rings (SSSR count). The molecule has 1 heterocycles. The van der Waals surface area contributed by atoms with Gasteiger partial charge in [-0.2, -0.15) is 0 Å². The number of amides is 1. The minimum Gasteiger partial charge on any atom is -0.336 e. The van der Waals surface area contributed by atoms with Crippen LogP contribution in [0, 0.1) is 17.5 Å². The number of aromatic nitrogens is 2. The summed E-state index contributed by atoms with van der Waals surface area (Å²) in [4.78, 5) is 17.4. The van der Waals surface area contributed by atoms with Crippen LogP contribution in [0.2, 0.25) is 0 Å². The quantitative estimate of drug-likeness (QED) is 0.711. The number of halogens is 1. The predicted octanol–water partition coefficient (Wildman–Crippen LogP) is 4.25. The molecule has 1 N–H and O–H groups in total. The summed E-state index contributed by atoms with van der Waals surface area (Å²) in [6, 6.07) is 13.9. The number of benzene rings is 2. The molecule has 0 bridgehead atoms. The highest BCUT2D eigenvalue weighted by molar-refractivity contribution is 7.71. The summed E-state index contributed by atoms with van der Waals surface area (Å²) in [7, 11) is 1.74. The van der Waals surface area contributed by atoms with E-state index in [1.54, 1.807) is 34.8 Å². The van der Waals surface area contributed by atoms with Crippen molar-refractivity contribution in [1.29, 1.82) is 0 Å². The fourth-order valence-corrected chi connectivity index (χ4v) is 2.87. The van der Waals surface area contributed by atoms with Gasteiger partial charge >= 0.3 is 0 Å². The predicted molar refractivity (Wildman–Crippen MR) is 97.9 cm³/mol. The minimum atomic E-state index is -0.338. The Hall–Kier alpha value is -2.73. The van der Waals surface area contributed by atoms with Crippen LogP contribution in [0.4, 0.5) is 4.39 Å². The van der Waals surface area contributed by atoms with Crippen molar-refractivity contribution in [3.63, 3.8) is 0 Å². The average molecular weight is 355 g/mol. The van der Waals surface area contributed by atoms with E-state index in [-0.39, 0.29) is 11.7 Å². The standard InChI is InChI=1S/C19H18FN3OS/c1-13-3-5-14(6-4-13)12-22(2)18(24)17-11-21-19(25)23(17)16-9-7-15(20)8-10-16/h3-11H,12H2,1-2H3,(H,21,25). The second kappa shape index (κ2) is 7.03. The Kier molecular flexibility index (Phi) is 4.81. The van der Waals surface area contributed by atoms with Crippen LogP contribution in [0.5, 0.6) is 0 Å². The third kappa shape index (κ3) is 3.69. The highest BCUT2D eigenvalue weighted by atomic mass is 32.1. The maximum absolute atomic E-state index is 13.2. The first-order valence-electron chi connectivity index (χ1n) is 7.83. The molecule has 0 aliphatic carbocycles. The number of carbonyl (C=O) groups is 1. The van der Waals surface area contributed by atoms with E-state index in [9.17, 15) is 9.18 Å². The van der Waals surface area contributed by atoms with Gasteiger partial charge in [-0.3, -0.25) is 9.36 Å². The molecule has 0 saturated heterocycles. The van der Waals surface area contributed by atoms with E-state index in [0.29, 0.717) is 22.7 Å². The number of H-pyrrole nitrogens is 1. The number of nitrogens with one attached hydrogen (secondary N) is 1. The Morgan fingerprint density at radius 3 is 2.44 bits per heavy atom. The summed E-state index contributed by atoms with van der Waals surface area (Å²) in [5, 5.41) is 0. The molecule has 4 nitrogen and oxygen atoms in total. The molecular formula is C19H18FN3OS. The van der Waals surface area contributed by atoms with Gasteiger partial charge in [0, 0.05) is 25.5 Å². The van der Waals surface area contributed by atoms with E-state index in [2.05, 4.69) is 4.98 Å². The summed E-state index contributed by atoms with van der Waals surface area (Å²) in [6.45, 7) is 2.51. The highest BCUT2D eigenvalue weighted by Gasteiger charge is 2.18. The summed E-state index contributed by atoms with van der Waals surface area (Å²) >= 11 is 5.28. The molecule has 1 amide bonds. The highest BCUT2D eigenvalue weighted by Crippen LogP contribution is 2.16. The van der Waals surface area contributed by atoms with E-state index < -0.39 is 0 Å². The monoisotopic (exact) mass is 355 g/mol. The lowest BCUT2D eigenvalue weighted by Gasteiger charge is -2.18. The fourth-order valence-electron chi connectivity index (χ4n) is 2.61. The summed E-state index contributed by atoms with van der Waals surface area (Å²) < 4.78 is 15.2. The number of rotatable bonds is 4. The minimum absolute atomic E-state index is 0.169. The van der Waals surface area contributed by atoms with Gasteiger partial charge in [0.15, 0.2) is 4.77 Å². The number of aromatic amines is 1. The molecule has 128 valence electrons. The van der Waals surface area contributed by atoms with E-state index in [0.717, 1.165) is 5.56 Å². The first kappa shape index (κ1) is 17.1. The van der Waals surface area contributed by atoms with Crippen molar-refractivity contribution in [3.8, 4) is 5.69 Å². The summed E-state index contributed by atoms with van der Waals surface area (Å²) in [6.07, 6.45) is 1.58. The third-order valence-electron chi connectivity index (χ3n) is 3.97. The van der Waals surface area contributed by atoms with Gasteiger partial charge in [0.05, 0.1) is 0 Å². The summed E-state index contributed by atoms with van der Waals surface area (Å²) in [5.74, 6) is -0.507. The largest absolute Gasteiger partial charge is 0.336 e. The van der Waals surface area contributed by atoms with Gasteiger partial charge in [-0.25, -0.2) is 4.39 Å². The van der Waals surface area contributed by atoms with E-state index in [1.807, 2.05) is 31.2 Å². The Morgan fingerprint density at radius 1 is 1.16 bits per heavy atom. The zero-order valence-electron chi connectivity index (χ0n) is 14.0. The normalized spacial score (nSPS) is 10.7. The second-order valence-corrected chi connectivity index (χ2v) is 6.32. The van der Waals surface area contributed by atoms with Crippen molar-refractivity contribution in [2.45, 2.75) is 13.5 Å². The van der Waals surface area contributed by atoms with Crippen molar-refractivity contribution < 1.29 is 9.18 Å². The molecule has 2 aromatic carbocycles. The maximum atomic E-state index is 13.2. The molecule has 0 atom stereocenters. The SMILES string of the molecule is Cc1ccc(CN(C)C(=O)c2c[nH]c(=S)n2-c2ccc(F)cc2)cc1. The summed E-state index contributed by atoms with van der Waals surface area (Å²) in [5.41, 5.74) is 3.27. The molecule has 0 fully saturated rings. The van der Waals surface area contributed by atoms with Gasteiger partial charge in [-0.15, -0.1) is 0 Å². The first-order chi connectivity index (χ1) is 12.0. The van der Waals surface area contributed by atoms with Crippen LogP contribution in [0.1, 0.15) is 21.6 Å². The van der Waals surface area contributed by atoms with Gasteiger partial charge in [-0.05, 0) is 49.0 Å². The lowest BCUT2D eigenvalue weighted by atomic mass is 10.1. The number of aryl methyl sites for hydroxylation is 1. The van der Waals surface area contributed by atoms with E-state index in [1.165, 1.54) is 17.7 Å². The molecule has 0 radical (unpaired) electrons. The smallest absolute Gasteiger partial charge is 0.272 e. The van der Waals surface area contributed by atoms with Crippen LogP contribution in [0.15, 0.2) is 54.7 Å². The molecule has 0 unspecified atom stereocenters. The first-order valence-corrected chi connectivity index (χ1v) is 8.24. The topological polar surface area (TPSA) is 41.0 Å². The number of carbonyl (C=O) groups excluding carboxylic acids is 1. The molecule has 6 heteroatoms. The Bertz CT molecular complexity index is 942. The Labute approximate surface area is 150 Å². The molecule has 3 aromatic rings. The van der Waals surface area contributed by atoms with Crippen LogP contribution in [-0.2, 0) is 6.54 Å². The molecule has 1 aromatic heterocycles. The zero-order valence-corrected chi connectivity index (χ0v) is 14.8. The van der Waals surface area contributed by atoms with Gasteiger partial charge < -0.3 is 9.88 Å². The fraction of sp³-hybridized carbons (Fsp3) is 0.158. The second-order valence-electron chi connectivity index (χ2n) is 5.94. The third-order valence-corrected chi connectivity index (χ3v) is 4.27. The Balaban J connectivity index is 1.88. The molecular weight excluding hydrogens is 337 g/mol. The lowest BCUT2D eigenvalue weighted by molar-refractivity contribution is 0.0777. The van der Waals surface area contributed by atoms with Crippen molar-refractivity contribution >= 4 is 18.1 Å². The van der Waals surface area contributed by atoms with E-state index in [4.69, 9.17) is 12.2 Å². The van der Waals surface area contributed by atoms with Crippen LogP contribution < -0.4 is 0 Å². The average Bonchev–Trinajstić information content (AvgIpc) is 2.98. The molecule has 0 spiro atoms. The number of imidazole rings is 1. The number of hydrogen-bond acceptors (Lipinski definition) is 2. The molecule has 0 saturated carbocycles. The van der Waals surface area contributed by atoms with Crippen molar-refractivity contribution in [1.82, 2.24) is 14.5 Å². The number of hydrogen-bond donors (Lipinski definition) is 1. The van der Waals surface area contributed by atoms with Crippen LogP contribution >= 0.6 is 12.2 Å². The maximum Gasteiger partial charge on any atom is 0.272 e. The molecule has 0 aliphatic rings. The zero-order chi connectivity index (χ0) is 18.0. The van der Waals surface area contributed by atoms with Crippen molar-refractivity contribution in [2.75, 3.05) is 7.05 Å². The molecule has 25 heavy (non-hydrogen) atoms. The van der Waals surface area contributed by atoms with Crippen molar-refractivity contribution in [3.05, 3.63) is 82.1 Å². The van der Waals surface area contributed by atoms with Crippen molar-refractivity contribution in [2.24, 2.45) is 0 Å². The molecule has 0 aliphatic heterocycles. The van der Waals surface area contributed by atoms with Crippen LogP contribution in [0.3, 0.4) is 0 Å². The van der Waals surface area contributed by atoms with Gasteiger partial charge in [-0.1, -0.05) is 29.8 Å².